The number of benzene rings is 2. The van der Waals surface area contributed by atoms with Gasteiger partial charge in [-0.1, -0.05) is 66.7 Å². The van der Waals surface area contributed by atoms with Crippen molar-refractivity contribution in [2.24, 2.45) is 5.92 Å². The van der Waals surface area contributed by atoms with Crippen LogP contribution in [0, 0.1) is 12.8 Å². The van der Waals surface area contributed by atoms with Gasteiger partial charge in [0.25, 0.3) is 0 Å². The molecule has 1 fully saturated rings. The Bertz CT molecular complexity index is 1310. The molecular weight excluding hydrogens is 442 g/mol. The summed E-state index contributed by atoms with van der Waals surface area (Å²) in [5.74, 6) is 1.82. The Balaban J connectivity index is 1.30. The predicted octanol–water partition coefficient (Wildman–Crippen LogP) is 5.47. The van der Waals surface area contributed by atoms with Crippen LogP contribution in [-0.4, -0.2) is 49.4 Å². The molecule has 0 unspecified atom stereocenters. The first-order valence-corrected chi connectivity index (χ1v) is 13.1. The molecular formula is C27H31N5OS. The van der Waals surface area contributed by atoms with Gasteiger partial charge in [0.05, 0.1) is 5.52 Å². The monoisotopic (exact) mass is 473 g/mol. The van der Waals surface area contributed by atoms with Crippen LogP contribution in [0.15, 0.2) is 53.7 Å². The highest BCUT2D eigenvalue weighted by atomic mass is 32.2. The number of amides is 1. The van der Waals surface area contributed by atoms with Crippen molar-refractivity contribution in [3.05, 3.63) is 59.7 Å². The molecule has 1 saturated heterocycles. The lowest BCUT2D eigenvalue weighted by atomic mass is 9.99. The van der Waals surface area contributed by atoms with Crippen LogP contribution in [0.5, 0.6) is 0 Å². The Kier molecular flexibility index (Phi) is 6.81. The Hall–Kier alpha value is -2.93. The highest BCUT2D eigenvalue weighted by Gasteiger charge is 2.20. The zero-order chi connectivity index (χ0) is 23.5. The molecule has 176 valence electrons. The fraction of sp³-hybridized carbons (Fsp3) is 0.407. The first-order chi connectivity index (χ1) is 16.6. The summed E-state index contributed by atoms with van der Waals surface area (Å²) in [6.45, 7) is 6.93. The van der Waals surface area contributed by atoms with E-state index in [-0.39, 0.29) is 5.91 Å². The third-order valence-electron chi connectivity index (χ3n) is 6.68. The molecule has 34 heavy (non-hydrogen) atoms. The van der Waals surface area contributed by atoms with E-state index in [0.717, 1.165) is 72.6 Å². The van der Waals surface area contributed by atoms with Crippen LogP contribution in [0.1, 0.15) is 43.7 Å². The quantitative estimate of drug-likeness (QED) is 0.263. The highest BCUT2D eigenvalue weighted by molar-refractivity contribution is 7.99. The lowest BCUT2D eigenvalue weighted by molar-refractivity contribution is -0.132. The summed E-state index contributed by atoms with van der Waals surface area (Å²) in [5.41, 5.74) is 5.29. The number of piperidine rings is 1. The maximum atomic E-state index is 12.5. The van der Waals surface area contributed by atoms with E-state index >= 15 is 0 Å². The van der Waals surface area contributed by atoms with Gasteiger partial charge in [0.1, 0.15) is 5.52 Å². The van der Waals surface area contributed by atoms with Crippen molar-refractivity contribution in [1.29, 1.82) is 0 Å². The number of fused-ring (bicyclic) bond motifs is 3. The summed E-state index contributed by atoms with van der Waals surface area (Å²) in [4.78, 5) is 19.4. The topological polar surface area (TPSA) is 63.9 Å². The standard InChI is InChI=1S/C27H31N5OS/c1-19-12-14-31(15-13-19)24(33)11-6-16-34-27-28-26-25(29-30-27)22-9-3-4-10-23(22)32(26)18-21-8-5-7-20(2)17-21/h3-5,7-10,17,19H,6,11-16,18H2,1-2H3. The minimum Gasteiger partial charge on any atom is -0.343 e. The van der Waals surface area contributed by atoms with E-state index < -0.39 is 0 Å². The summed E-state index contributed by atoms with van der Waals surface area (Å²) < 4.78 is 2.24. The molecule has 0 spiro atoms. The van der Waals surface area contributed by atoms with E-state index in [9.17, 15) is 4.79 Å². The van der Waals surface area contributed by atoms with Gasteiger partial charge in [-0.05, 0) is 43.7 Å². The number of carbonyl (C=O) groups is 1. The summed E-state index contributed by atoms with van der Waals surface area (Å²) >= 11 is 1.58. The van der Waals surface area contributed by atoms with Crippen molar-refractivity contribution >= 4 is 39.7 Å². The maximum absolute atomic E-state index is 12.5. The van der Waals surface area contributed by atoms with Crippen molar-refractivity contribution in [2.75, 3.05) is 18.8 Å². The molecule has 5 rings (SSSR count). The summed E-state index contributed by atoms with van der Waals surface area (Å²) in [7, 11) is 0. The second-order valence-corrected chi connectivity index (χ2v) is 10.4. The predicted molar refractivity (Wildman–Crippen MR) is 138 cm³/mol. The van der Waals surface area contributed by atoms with Crippen molar-refractivity contribution in [3.8, 4) is 0 Å². The lowest BCUT2D eigenvalue weighted by Gasteiger charge is -2.30. The van der Waals surface area contributed by atoms with E-state index in [2.05, 4.69) is 71.1 Å². The van der Waals surface area contributed by atoms with Gasteiger partial charge < -0.3 is 9.47 Å². The van der Waals surface area contributed by atoms with Crippen molar-refractivity contribution in [2.45, 2.75) is 51.2 Å². The Morgan fingerprint density at radius 2 is 1.91 bits per heavy atom. The average molecular weight is 474 g/mol. The van der Waals surface area contributed by atoms with Crippen molar-refractivity contribution < 1.29 is 4.79 Å². The van der Waals surface area contributed by atoms with E-state index in [1.54, 1.807) is 11.8 Å². The summed E-state index contributed by atoms with van der Waals surface area (Å²) in [6, 6.07) is 16.9. The van der Waals surface area contributed by atoms with Gasteiger partial charge in [-0.2, -0.15) is 0 Å². The van der Waals surface area contributed by atoms with Crippen LogP contribution in [0.25, 0.3) is 22.1 Å². The Morgan fingerprint density at radius 3 is 2.74 bits per heavy atom. The van der Waals surface area contributed by atoms with Gasteiger partial charge >= 0.3 is 0 Å². The van der Waals surface area contributed by atoms with Crippen LogP contribution in [0.4, 0.5) is 0 Å². The normalized spacial score (nSPS) is 14.8. The van der Waals surface area contributed by atoms with E-state index in [1.807, 2.05) is 11.0 Å². The number of aromatic nitrogens is 4. The fourth-order valence-electron chi connectivity index (χ4n) is 4.71. The number of aryl methyl sites for hydroxylation is 1. The van der Waals surface area contributed by atoms with Gasteiger partial charge in [0.2, 0.25) is 11.1 Å². The molecule has 2 aromatic heterocycles. The minimum atomic E-state index is 0.278. The molecule has 0 saturated carbocycles. The summed E-state index contributed by atoms with van der Waals surface area (Å²) in [5, 5.41) is 10.7. The first-order valence-electron chi connectivity index (χ1n) is 12.2. The maximum Gasteiger partial charge on any atom is 0.222 e. The molecule has 3 heterocycles. The van der Waals surface area contributed by atoms with E-state index in [4.69, 9.17) is 4.98 Å². The van der Waals surface area contributed by atoms with Gasteiger partial charge in [-0.15, -0.1) is 10.2 Å². The first kappa shape index (κ1) is 22.8. The molecule has 0 N–H and O–H groups in total. The Labute approximate surface area is 204 Å². The van der Waals surface area contributed by atoms with Crippen LogP contribution in [-0.2, 0) is 11.3 Å². The van der Waals surface area contributed by atoms with Crippen LogP contribution in [0.3, 0.4) is 0 Å². The van der Waals surface area contributed by atoms with Gasteiger partial charge in [0.15, 0.2) is 5.65 Å². The van der Waals surface area contributed by atoms with Gasteiger partial charge in [-0.25, -0.2) is 4.98 Å². The second-order valence-electron chi connectivity index (χ2n) is 9.37. The molecule has 0 bridgehead atoms. The number of rotatable bonds is 7. The van der Waals surface area contributed by atoms with Crippen LogP contribution < -0.4 is 0 Å². The average Bonchev–Trinajstić information content (AvgIpc) is 3.15. The smallest absolute Gasteiger partial charge is 0.222 e. The molecule has 4 aromatic rings. The zero-order valence-electron chi connectivity index (χ0n) is 19.9. The van der Waals surface area contributed by atoms with Gasteiger partial charge in [-0.3, -0.25) is 4.79 Å². The molecule has 0 radical (unpaired) electrons. The number of carbonyl (C=O) groups excluding carboxylic acids is 1. The largest absolute Gasteiger partial charge is 0.343 e. The number of thioether (sulfide) groups is 1. The van der Waals surface area contributed by atoms with E-state index in [0.29, 0.717) is 11.6 Å². The number of hydrogen-bond acceptors (Lipinski definition) is 5. The lowest BCUT2D eigenvalue weighted by Crippen LogP contribution is -2.37. The third-order valence-corrected chi connectivity index (χ3v) is 7.60. The summed E-state index contributed by atoms with van der Waals surface area (Å²) in [6.07, 6.45) is 3.65. The Morgan fingerprint density at radius 1 is 1.09 bits per heavy atom. The fourth-order valence-corrected chi connectivity index (χ4v) is 5.43. The molecule has 1 aliphatic heterocycles. The molecule has 0 aliphatic carbocycles. The molecule has 7 heteroatoms. The zero-order valence-corrected chi connectivity index (χ0v) is 20.7. The van der Waals surface area contributed by atoms with Gasteiger partial charge in [0, 0.05) is 37.2 Å². The van der Waals surface area contributed by atoms with E-state index in [1.165, 1.54) is 11.1 Å². The van der Waals surface area contributed by atoms with Crippen LogP contribution in [0.2, 0.25) is 0 Å². The number of hydrogen-bond donors (Lipinski definition) is 0. The molecule has 1 aliphatic rings. The third kappa shape index (κ3) is 4.94. The molecule has 6 nitrogen and oxygen atoms in total. The van der Waals surface area contributed by atoms with Crippen molar-refractivity contribution in [1.82, 2.24) is 24.6 Å². The minimum absolute atomic E-state index is 0.278. The molecule has 2 aromatic carbocycles. The number of nitrogens with zero attached hydrogens (tertiary/aromatic N) is 5. The molecule has 1 amide bonds. The number of para-hydroxylation sites is 1. The second kappa shape index (κ2) is 10.1. The highest BCUT2D eigenvalue weighted by Crippen LogP contribution is 2.28. The molecule has 0 atom stereocenters. The van der Waals surface area contributed by atoms with Crippen molar-refractivity contribution in [3.63, 3.8) is 0 Å². The SMILES string of the molecule is Cc1cccc(Cn2c3ccccc3c3nnc(SCCCC(=O)N4CCC(C)CC4)nc32)c1. The number of likely N-dealkylation sites (tertiary alicyclic amines) is 1. The van der Waals surface area contributed by atoms with Crippen LogP contribution >= 0.6 is 11.8 Å².